The molecular weight excluding hydrogens is 606 g/mol. The number of nitrogens with one attached hydrogen (secondary N) is 1. The summed E-state index contributed by atoms with van der Waals surface area (Å²) in [6.45, 7) is 12.4. The van der Waals surface area contributed by atoms with E-state index in [2.05, 4.69) is 34.1 Å². The number of pyridine rings is 2. The van der Waals surface area contributed by atoms with Gasteiger partial charge in [0, 0.05) is 37.4 Å². The summed E-state index contributed by atoms with van der Waals surface area (Å²) in [5.74, 6) is 0.0360. The highest BCUT2D eigenvalue weighted by molar-refractivity contribution is 6.36. The van der Waals surface area contributed by atoms with Gasteiger partial charge in [0.05, 0.1) is 27.7 Å². The third kappa shape index (κ3) is 8.24. The molecule has 0 radical (unpaired) electrons. The van der Waals surface area contributed by atoms with E-state index < -0.39 is 23.5 Å². The molecule has 3 heterocycles. The van der Waals surface area contributed by atoms with E-state index >= 15 is 0 Å². The lowest BCUT2D eigenvalue weighted by atomic mass is 10.1. The average molecular weight is 644 g/mol. The second-order valence-electron chi connectivity index (χ2n) is 12.1. The number of rotatable bonds is 5. The highest BCUT2D eigenvalue weighted by atomic mass is 35.5. The van der Waals surface area contributed by atoms with E-state index in [9.17, 15) is 14.0 Å². The van der Waals surface area contributed by atoms with Gasteiger partial charge < -0.3 is 19.9 Å². The van der Waals surface area contributed by atoms with Crippen LogP contribution in [0.5, 0.6) is 0 Å². The molecule has 0 aliphatic carbocycles. The van der Waals surface area contributed by atoms with Gasteiger partial charge in [-0.05, 0) is 70.4 Å². The highest BCUT2D eigenvalue weighted by Crippen LogP contribution is 2.33. The second kappa shape index (κ2) is 13.9. The monoisotopic (exact) mass is 642 g/mol. The molecule has 1 aromatic carbocycles. The number of anilines is 1. The fourth-order valence-electron chi connectivity index (χ4n) is 4.85. The minimum absolute atomic E-state index is 0.0113. The predicted octanol–water partition coefficient (Wildman–Crippen LogP) is 7.71. The number of ether oxygens (including phenoxy) is 1. The van der Waals surface area contributed by atoms with Gasteiger partial charge >= 0.3 is 12.1 Å². The number of nitrogens with zero attached hydrogens (tertiary/aromatic N) is 5. The Kier molecular flexibility index (Phi) is 10.5. The molecule has 0 unspecified atom stereocenters. The standard InChI is InChI=1S/C32H37Cl2FN6O3/c1-19(2)16-26-25(12-9-13-36-26)37-30(42)39-29(41-15-14-40(18-20(41)3)31(43)44-32(4,5)6)22-17-23(33)27(38-28(22)34)21-10-7-8-11-24(21)35/h7-13,17,19-20H,14-16,18H2,1-6H3,(H,37,42)/b39-29+/t20-/m0/s1. The van der Waals surface area contributed by atoms with Crippen LogP contribution in [0.15, 0.2) is 53.7 Å². The summed E-state index contributed by atoms with van der Waals surface area (Å²) in [6.07, 6.45) is 1.92. The van der Waals surface area contributed by atoms with E-state index in [4.69, 9.17) is 27.9 Å². The summed E-state index contributed by atoms with van der Waals surface area (Å²) in [5, 5.41) is 2.98. The summed E-state index contributed by atoms with van der Waals surface area (Å²) in [7, 11) is 0. The molecule has 0 spiro atoms. The third-order valence-electron chi connectivity index (χ3n) is 6.79. The first-order valence-corrected chi connectivity index (χ1v) is 15.2. The van der Waals surface area contributed by atoms with Crippen LogP contribution in [0.2, 0.25) is 10.2 Å². The van der Waals surface area contributed by atoms with Crippen LogP contribution in [0.1, 0.15) is 52.8 Å². The number of urea groups is 1. The van der Waals surface area contributed by atoms with Crippen molar-refractivity contribution in [3.05, 3.63) is 75.9 Å². The molecule has 44 heavy (non-hydrogen) atoms. The number of hydrogen-bond donors (Lipinski definition) is 1. The Bertz CT molecular complexity index is 1560. The Hall–Kier alpha value is -3.76. The van der Waals surface area contributed by atoms with E-state index in [0.717, 1.165) is 5.69 Å². The average Bonchev–Trinajstić information content (AvgIpc) is 2.93. The Labute approximate surface area is 267 Å². The lowest BCUT2D eigenvalue weighted by Gasteiger charge is -2.41. The summed E-state index contributed by atoms with van der Waals surface area (Å²) in [4.78, 5) is 43.1. The van der Waals surface area contributed by atoms with Gasteiger partial charge in [-0.2, -0.15) is 4.99 Å². The highest BCUT2D eigenvalue weighted by Gasteiger charge is 2.33. The maximum Gasteiger partial charge on any atom is 0.410 e. The van der Waals surface area contributed by atoms with E-state index in [1.165, 1.54) is 12.1 Å². The molecule has 1 fully saturated rings. The summed E-state index contributed by atoms with van der Waals surface area (Å²) in [5.41, 5.74) is 1.30. The minimum Gasteiger partial charge on any atom is -0.444 e. The van der Waals surface area contributed by atoms with Crippen LogP contribution in [0.25, 0.3) is 11.3 Å². The Balaban J connectivity index is 1.72. The van der Waals surface area contributed by atoms with Crippen molar-refractivity contribution in [3.8, 4) is 11.3 Å². The van der Waals surface area contributed by atoms with Crippen molar-refractivity contribution in [1.82, 2.24) is 19.8 Å². The fraction of sp³-hybridized carbons (Fsp3) is 0.406. The zero-order valence-electron chi connectivity index (χ0n) is 25.7. The first kappa shape index (κ1) is 33.1. The van der Waals surface area contributed by atoms with Crippen molar-refractivity contribution < 1.29 is 18.7 Å². The van der Waals surface area contributed by atoms with Gasteiger partial charge in [-0.15, -0.1) is 0 Å². The quantitative estimate of drug-likeness (QED) is 0.174. The molecule has 1 atom stereocenters. The maximum atomic E-state index is 14.6. The first-order chi connectivity index (χ1) is 20.7. The van der Waals surface area contributed by atoms with Crippen molar-refractivity contribution >= 4 is 46.8 Å². The summed E-state index contributed by atoms with van der Waals surface area (Å²) >= 11 is 13.4. The molecule has 3 aromatic rings. The molecule has 4 rings (SSSR count). The summed E-state index contributed by atoms with van der Waals surface area (Å²) < 4.78 is 20.2. The van der Waals surface area contributed by atoms with E-state index in [0.29, 0.717) is 37.7 Å². The Morgan fingerprint density at radius 1 is 1.16 bits per heavy atom. The molecule has 1 aliphatic heterocycles. The van der Waals surface area contributed by atoms with Gasteiger partial charge in [-0.25, -0.2) is 19.0 Å². The van der Waals surface area contributed by atoms with Crippen molar-refractivity contribution in [3.63, 3.8) is 0 Å². The molecule has 2 aromatic heterocycles. The van der Waals surface area contributed by atoms with Gasteiger partial charge in [0.2, 0.25) is 0 Å². The van der Waals surface area contributed by atoms with Crippen molar-refractivity contribution in [2.75, 3.05) is 25.0 Å². The number of hydrogen-bond acceptors (Lipinski definition) is 5. The van der Waals surface area contributed by atoms with E-state index in [1.54, 1.807) is 41.4 Å². The number of carbonyl (C=O) groups is 2. The lowest BCUT2D eigenvalue weighted by molar-refractivity contribution is 0.0134. The zero-order valence-corrected chi connectivity index (χ0v) is 27.2. The van der Waals surface area contributed by atoms with Crippen LogP contribution in [0, 0.1) is 11.7 Å². The van der Waals surface area contributed by atoms with Crippen LogP contribution < -0.4 is 5.32 Å². The smallest absolute Gasteiger partial charge is 0.410 e. The largest absolute Gasteiger partial charge is 0.444 e. The Morgan fingerprint density at radius 3 is 2.55 bits per heavy atom. The topological polar surface area (TPSA) is 100 Å². The number of piperazine rings is 1. The SMILES string of the molecule is CC(C)Cc1ncccc1NC(=O)/N=C(\c1cc(Cl)c(-c2ccccc2F)nc1Cl)N1CCN(C(=O)OC(C)(C)C)C[C@@H]1C. The number of amidine groups is 1. The van der Waals surface area contributed by atoms with Crippen molar-refractivity contribution in [2.24, 2.45) is 10.9 Å². The van der Waals surface area contributed by atoms with E-state index in [1.807, 2.05) is 32.6 Å². The van der Waals surface area contributed by atoms with Gasteiger partial charge in [-0.3, -0.25) is 4.98 Å². The van der Waals surface area contributed by atoms with Crippen molar-refractivity contribution in [1.29, 1.82) is 0 Å². The molecule has 0 saturated carbocycles. The molecule has 0 bridgehead atoms. The van der Waals surface area contributed by atoms with Gasteiger partial charge in [0.25, 0.3) is 0 Å². The van der Waals surface area contributed by atoms with Crippen LogP contribution in [0.4, 0.5) is 19.7 Å². The van der Waals surface area contributed by atoms with Crippen LogP contribution in [0.3, 0.4) is 0 Å². The molecule has 12 heteroatoms. The van der Waals surface area contributed by atoms with Crippen LogP contribution in [-0.2, 0) is 11.2 Å². The van der Waals surface area contributed by atoms with Gasteiger partial charge in [0.15, 0.2) is 0 Å². The minimum atomic E-state index is -0.648. The van der Waals surface area contributed by atoms with Crippen LogP contribution in [-0.4, -0.2) is 69.0 Å². The van der Waals surface area contributed by atoms with Gasteiger partial charge in [0.1, 0.15) is 22.4 Å². The summed E-state index contributed by atoms with van der Waals surface area (Å²) in [6, 6.07) is 10.2. The molecule has 1 aliphatic rings. The number of aliphatic imine (C=N–C) groups is 1. The molecule has 234 valence electrons. The number of halogens is 3. The normalized spacial score (nSPS) is 15.9. The molecule has 9 nitrogen and oxygen atoms in total. The molecular formula is C32H37Cl2FN6O3. The number of benzene rings is 1. The number of amides is 3. The van der Waals surface area contributed by atoms with Crippen molar-refractivity contribution in [2.45, 2.75) is 59.6 Å². The predicted molar refractivity (Wildman–Crippen MR) is 172 cm³/mol. The molecule has 1 saturated heterocycles. The maximum absolute atomic E-state index is 14.6. The molecule has 3 amide bonds. The third-order valence-corrected chi connectivity index (χ3v) is 7.37. The van der Waals surface area contributed by atoms with E-state index in [-0.39, 0.29) is 38.9 Å². The second-order valence-corrected chi connectivity index (χ2v) is 12.8. The first-order valence-electron chi connectivity index (χ1n) is 14.4. The molecule has 1 N–H and O–H groups in total. The zero-order chi connectivity index (χ0) is 32.2. The fourth-order valence-corrected chi connectivity index (χ4v) is 5.33. The lowest BCUT2D eigenvalue weighted by Crippen LogP contribution is -2.56. The Morgan fingerprint density at radius 2 is 1.89 bits per heavy atom. The van der Waals surface area contributed by atoms with Gasteiger partial charge in [-0.1, -0.05) is 49.2 Å². The number of carbonyl (C=O) groups excluding carboxylic acids is 2. The number of aromatic nitrogens is 2. The van der Waals surface area contributed by atoms with Crippen LogP contribution >= 0.6 is 23.2 Å².